The Kier molecular flexibility index (Phi) is 2.27. The minimum absolute atomic E-state index is 0.0586. The van der Waals surface area contributed by atoms with Crippen molar-refractivity contribution in [2.24, 2.45) is 0 Å². The van der Waals surface area contributed by atoms with Gasteiger partial charge in [0.05, 0.1) is 16.4 Å². The van der Waals surface area contributed by atoms with Crippen LogP contribution in [-0.2, 0) is 0 Å². The molecule has 2 heterocycles. The molecule has 0 aliphatic rings. The number of hydrogen-bond donors (Lipinski definition) is 1. The number of aromatic nitrogens is 2. The van der Waals surface area contributed by atoms with Crippen LogP contribution in [0.15, 0.2) is 35.3 Å². The second-order valence-electron chi connectivity index (χ2n) is 3.48. The maximum absolute atomic E-state index is 11.7. The summed E-state index contributed by atoms with van der Waals surface area (Å²) in [5, 5.41) is 8.64. The first kappa shape index (κ1) is 10.7. The predicted octanol–water partition coefficient (Wildman–Crippen LogP) is 1.97. The van der Waals surface area contributed by atoms with Gasteiger partial charge in [0, 0.05) is 0 Å². The van der Waals surface area contributed by atoms with Crippen molar-refractivity contribution < 1.29 is 14.6 Å². The van der Waals surface area contributed by atoms with E-state index >= 15 is 0 Å². The van der Waals surface area contributed by atoms with Gasteiger partial charge < -0.3 is 9.84 Å². The molecule has 0 bridgehead atoms. The van der Waals surface area contributed by atoms with E-state index in [1.54, 1.807) is 12.1 Å². The molecular weight excluding hydrogens is 256 g/mol. The lowest BCUT2D eigenvalue weighted by molar-refractivity contribution is 0.145. The largest absolute Gasteiger partial charge is 0.511 e. The van der Waals surface area contributed by atoms with Crippen molar-refractivity contribution in [2.45, 2.75) is 0 Å². The lowest BCUT2D eigenvalue weighted by Gasteiger charge is -2.00. The van der Waals surface area contributed by atoms with Crippen LogP contribution in [0.1, 0.15) is 0 Å². The number of rotatable bonds is 1. The highest BCUT2D eigenvalue weighted by Gasteiger charge is 2.14. The highest BCUT2D eigenvalue weighted by molar-refractivity contribution is 7.24. The Labute approximate surface area is 104 Å². The van der Waals surface area contributed by atoms with Crippen molar-refractivity contribution in [3.05, 3.63) is 40.9 Å². The molecule has 0 aliphatic heterocycles. The molecular formula is C11H6N2O4S. The number of fused-ring (bicyclic) bond motifs is 3. The lowest BCUT2D eigenvalue weighted by Crippen LogP contribution is -2.16. The van der Waals surface area contributed by atoms with Crippen LogP contribution in [0.5, 0.6) is 5.75 Å². The first-order valence-corrected chi connectivity index (χ1v) is 5.78. The summed E-state index contributed by atoms with van der Waals surface area (Å²) < 4.78 is 6.82. The summed E-state index contributed by atoms with van der Waals surface area (Å²) in [6.45, 7) is 0. The Bertz CT molecular complexity index is 821. The molecule has 90 valence electrons. The molecule has 0 aliphatic carbocycles. The minimum Gasteiger partial charge on any atom is -0.449 e. The van der Waals surface area contributed by atoms with E-state index in [1.165, 1.54) is 15.7 Å². The molecule has 0 spiro atoms. The molecule has 2 aromatic heterocycles. The SMILES string of the molecule is O=C(O)Oc1cnc(=O)n2c1sc1ccccc12. The molecule has 0 atom stereocenters. The van der Waals surface area contributed by atoms with Gasteiger partial charge in [-0.25, -0.2) is 14.0 Å². The lowest BCUT2D eigenvalue weighted by atomic mass is 10.3. The average molecular weight is 262 g/mol. The van der Waals surface area contributed by atoms with E-state index < -0.39 is 11.8 Å². The summed E-state index contributed by atoms with van der Waals surface area (Å²) in [4.78, 5) is 26.4. The van der Waals surface area contributed by atoms with Crippen LogP contribution in [0.4, 0.5) is 4.79 Å². The number of carbonyl (C=O) groups is 1. The van der Waals surface area contributed by atoms with Crippen LogP contribution in [-0.4, -0.2) is 20.6 Å². The van der Waals surface area contributed by atoms with Gasteiger partial charge >= 0.3 is 11.8 Å². The van der Waals surface area contributed by atoms with Crippen LogP contribution >= 0.6 is 11.3 Å². The molecule has 18 heavy (non-hydrogen) atoms. The van der Waals surface area contributed by atoms with E-state index in [2.05, 4.69) is 9.72 Å². The number of para-hydroxylation sites is 1. The molecule has 0 radical (unpaired) electrons. The fourth-order valence-corrected chi connectivity index (χ4v) is 2.81. The van der Waals surface area contributed by atoms with Gasteiger partial charge in [-0.05, 0) is 12.1 Å². The zero-order valence-corrected chi connectivity index (χ0v) is 9.68. The van der Waals surface area contributed by atoms with Gasteiger partial charge in [0.1, 0.15) is 4.83 Å². The highest BCUT2D eigenvalue weighted by atomic mass is 32.1. The van der Waals surface area contributed by atoms with E-state index in [4.69, 9.17) is 5.11 Å². The standard InChI is InChI=1S/C11H6N2O4S/c14-10-12-5-7(17-11(15)16)9-13(10)6-3-1-2-4-8(6)18-9/h1-5H,(H,15,16). The molecule has 7 heteroatoms. The molecule has 3 aromatic rings. The molecule has 0 amide bonds. The van der Waals surface area contributed by atoms with Crippen molar-refractivity contribution in [1.82, 2.24) is 9.38 Å². The van der Waals surface area contributed by atoms with Gasteiger partial charge in [0.2, 0.25) is 0 Å². The molecule has 0 saturated heterocycles. The van der Waals surface area contributed by atoms with Crippen molar-refractivity contribution in [2.75, 3.05) is 0 Å². The second-order valence-corrected chi connectivity index (χ2v) is 4.51. The number of hydrogen-bond acceptors (Lipinski definition) is 5. The first-order valence-electron chi connectivity index (χ1n) is 4.97. The van der Waals surface area contributed by atoms with E-state index in [9.17, 15) is 9.59 Å². The summed E-state index contributed by atoms with van der Waals surface area (Å²) >= 11 is 1.28. The van der Waals surface area contributed by atoms with Crippen LogP contribution < -0.4 is 10.4 Å². The molecule has 6 nitrogen and oxygen atoms in total. The highest BCUT2D eigenvalue weighted by Crippen LogP contribution is 2.30. The van der Waals surface area contributed by atoms with Crippen molar-refractivity contribution >= 4 is 32.5 Å². The van der Waals surface area contributed by atoms with E-state index in [-0.39, 0.29) is 5.75 Å². The summed E-state index contributed by atoms with van der Waals surface area (Å²) in [5.74, 6) is 0.0586. The fourth-order valence-electron chi connectivity index (χ4n) is 1.73. The van der Waals surface area contributed by atoms with Gasteiger partial charge in [0.15, 0.2) is 5.75 Å². The second kappa shape index (κ2) is 3.81. The number of thiazole rings is 1. The Morgan fingerprint density at radius 3 is 2.94 bits per heavy atom. The summed E-state index contributed by atoms with van der Waals surface area (Å²) in [7, 11) is 0. The van der Waals surface area contributed by atoms with Gasteiger partial charge in [-0.1, -0.05) is 12.1 Å². The first-order chi connectivity index (χ1) is 8.66. The molecule has 0 unspecified atom stereocenters. The van der Waals surface area contributed by atoms with E-state index in [0.29, 0.717) is 10.3 Å². The molecule has 1 aromatic carbocycles. The third-order valence-corrected chi connectivity index (χ3v) is 3.55. The quantitative estimate of drug-likeness (QED) is 0.678. The smallest absolute Gasteiger partial charge is 0.449 e. The van der Waals surface area contributed by atoms with Crippen LogP contribution in [0.2, 0.25) is 0 Å². The van der Waals surface area contributed by atoms with Gasteiger partial charge in [0.25, 0.3) is 0 Å². The fraction of sp³-hybridized carbons (Fsp3) is 0. The van der Waals surface area contributed by atoms with Crippen molar-refractivity contribution in [3.63, 3.8) is 0 Å². The monoisotopic (exact) mass is 262 g/mol. The van der Waals surface area contributed by atoms with Gasteiger partial charge in [-0.2, -0.15) is 4.98 Å². The predicted molar refractivity (Wildman–Crippen MR) is 65.5 cm³/mol. The Hall–Kier alpha value is -2.41. The molecule has 1 N–H and O–H groups in total. The van der Waals surface area contributed by atoms with Crippen LogP contribution in [0, 0.1) is 0 Å². The minimum atomic E-state index is -1.44. The maximum atomic E-state index is 11.7. The van der Waals surface area contributed by atoms with E-state index in [1.807, 2.05) is 12.1 Å². The number of nitrogens with zero attached hydrogens (tertiary/aromatic N) is 2. The maximum Gasteiger partial charge on any atom is 0.511 e. The number of ether oxygens (including phenoxy) is 1. The number of benzene rings is 1. The van der Waals surface area contributed by atoms with Gasteiger partial charge in [-0.15, -0.1) is 11.3 Å². The summed E-state index contributed by atoms with van der Waals surface area (Å²) in [6, 6.07) is 7.25. The van der Waals surface area contributed by atoms with Crippen LogP contribution in [0.25, 0.3) is 15.0 Å². The van der Waals surface area contributed by atoms with Crippen molar-refractivity contribution in [1.29, 1.82) is 0 Å². The van der Waals surface area contributed by atoms with Crippen LogP contribution in [0.3, 0.4) is 0 Å². The summed E-state index contributed by atoms with van der Waals surface area (Å²) in [5.41, 5.74) is 0.228. The third-order valence-electron chi connectivity index (χ3n) is 2.41. The Morgan fingerprint density at radius 2 is 2.17 bits per heavy atom. The Morgan fingerprint density at radius 1 is 1.39 bits per heavy atom. The normalized spacial score (nSPS) is 10.9. The van der Waals surface area contributed by atoms with Crippen molar-refractivity contribution in [3.8, 4) is 5.75 Å². The number of carboxylic acid groups (broad SMARTS) is 1. The zero-order chi connectivity index (χ0) is 12.7. The third kappa shape index (κ3) is 1.52. The zero-order valence-electron chi connectivity index (χ0n) is 8.86. The van der Waals surface area contributed by atoms with E-state index in [0.717, 1.165) is 10.9 Å². The molecule has 0 fully saturated rings. The molecule has 3 rings (SSSR count). The van der Waals surface area contributed by atoms with Gasteiger partial charge in [-0.3, -0.25) is 0 Å². The Balaban J connectivity index is 2.45. The summed E-state index contributed by atoms with van der Waals surface area (Å²) in [6.07, 6.45) is -0.309. The molecule has 0 saturated carbocycles. The average Bonchev–Trinajstić information content (AvgIpc) is 2.72. The topological polar surface area (TPSA) is 80.9 Å².